The zero-order valence-electron chi connectivity index (χ0n) is 23.8. The lowest BCUT2D eigenvalue weighted by Crippen LogP contribution is -2.45. The number of halogens is 3. The van der Waals surface area contributed by atoms with Crippen LogP contribution in [0.15, 0.2) is 71.4 Å². The van der Waals surface area contributed by atoms with Crippen molar-refractivity contribution in [3.05, 3.63) is 107 Å². The van der Waals surface area contributed by atoms with Crippen molar-refractivity contribution in [2.24, 2.45) is 0 Å². The summed E-state index contributed by atoms with van der Waals surface area (Å²) in [4.78, 5) is 35.4. The maximum absolute atomic E-state index is 16.5. The van der Waals surface area contributed by atoms with Gasteiger partial charge in [0.2, 0.25) is 0 Å². The molecule has 9 heteroatoms. The zero-order valence-corrected chi connectivity index (χ0v) is 23.8. The fourth-order valence-corrected chi connectivity index (χ4v) is 6.12. The lowest BCUT2D eigenvalue weighted by Gasteiger charge is -2.42. The van der Waals surface area contributed by atoms with Crippen LogP contribution in [0.25, 0.3) is 33.4 Å². The monoisotopic (exact) mass is 583 g/mol. The van der Waals surface area contributed by atoms with Crippen LogP contribution in [0.2, 0.25) is 0 Å². The van der Waals surface area contributed by atoms with E-state index in [1.165, 1.54) is 31.3 Å². The van der Waals surface area contributed by atoms with E-state index in [0.29, 0.717) is 28.1 Å². The molecule has 1 fully saturated rings. The first-order valence-corrected chi connectivity index (χ1v) is 13.9. The van der Waals surface area contributed by atoms with Crippen LogP contribution < -0.4 is 5.32 Å². The smallest absolute Gasteiger partial charge is 0.255 e. The van der Waals surface area contributed by atoms with E-state index in [0.717, 1.165) is 5.56 Å². The zero-order chi connectivity index (χ0) is 30.5. The third-order valence-corrected chi connectivity index (χ3v) is 8.28. The van der Waals surface area contributed by atoms with Gasteiger partial charge in [0.15, 0.2) is 5.78 Å². The molecule has 6 nitrogen and oxygen atoms in total. The number of nitrogens with zero attached hydrogens (tertiary/aromatic N) is 2. The second kappa shape index (κ2) is 10.8. The van der Waals surface area contributed by atoms with Gasteiger partial charge in [-0.05, 0) is 91.9 Å². The Kier molecular flexibility index (Phi) is 7.12. The van der Waals surface area contributed by atoms with Gasteiger partial charge in [-0.2, -0.15) is 0 Å². The molecule has 1 N–H and O–H groups in total. The van der Waals surface area contributed by atoms with Gasteiger partial charge in [-0.1, -0.05) is 6.07 Å². The predicted molar refractivity (Wildman–Crippen MR) is 157 cm³/mol. The number of hydrogen-bond acceptors (Lipinski definition) is 5. The van der Waals surface area contributed by atoms with E-state index in [-0.39, 0.29) is 52.9 Å². The van der Waals surface area contributed by atoms with Gasteiger partial charge in [0.1, 0.15) is 35.0 Å². The summed E-state index contributed by atoms with van der Waals surface area (Å²) in [5.41, 5.74) is 2.24. The third-order valence-electron chi connectivity index (χ3n) is 8.28. The summed E-state index contributed by atoms with van der Waals surface area (Å²) in [5, 5.41) is 2.52. The van der Waals surface area contributed by atoms with E-state index in [2.05, 4.69) is 15.3 Å². The van der Waals surface area contributed by atoms with E-state index in [1.54, 1.807) is 36.7 Å². The molecule has 0 aliphatic heterocycles. The molecule has 1 amide bonds. The molecule has 218 valence electrons. The van der Waals surface area contributed by atoms with Crippen LogP contribution in [0.3, 0.4) is 0 Å². The number of ketones is 1. The van der Waals surface area contributed by atoms with Gasteiger partial charge in [0.05, 0.1) is 10.9 Å². The Balaban J connectivity index is 1.45. The second-order valence-electron chi connectivity index (χ2n) is 11.1. The number of nitrogens with one attached hydrogen (secondary N) is 1. The number of Topliss-reactive ketones (excluding diaryl/α,β-unsaturated/α-hetero) is 1. The molecule has 0 atom stereocenters. The minimum atomic E-state index is -1.03. The second-order valence-corrected chi connectivity index (χ2v) is 11.1. The number of carbonyl (C=O) groups is 2. The number of aryl methyl sites for hydroxylation is 2. The van der Waals surface area contributed by atoms with Crippen LogP contribution >= 0.6 is 0 Å². The number of rotatable bonds is 7. The predicted octanol–water partition coefficient (Wildman–Crippen LogP) is 7.45. The molecular formula is C34H28F3N3O3. The van der Waals surface area contributed by atoms with Gasteiger partial charge in [-0.15, -0.1) is 0 Å². The Morgan fingerprint density at radius 3 is 2.33 bits per heavy atom. The number of aromatic nitrogens is 2. The minimum absolute atomic E-state index is 0.0138. The average molecular weight is 584 g/mol. The minimum Gasteiger partial charge on any atom is -0.455 e. The topological polar surface area (TPSA) is 85.1 Å². The van der Waals surface area contributed by atoms with E-state index in [4.69, 9.17) is 4.42 Å². The lowest BCUT2D eigenvalue weighted by atomic mass is 9.63. The van der Waals surface area contributed by atoms with Crippen LogP contribution in [0, 0.1) is 25.5 Å². The molecule has 5 aromatic rings. The molecule has 6 rings (SSSR count). The highest BCUT2D eigenvalue weighted by atomic mass is 19.1. The molecular weight excluding hydrogens is 555 g/mol. The van der Waals surface area contributed by atoms with Crippen LogP contribution in [0.1, 0.15) is 56.9 Å². The molecule has 0 radical (unpaired) electrons. The van der Waals surface area contributed by atoms with Crippen molar-refractivity contribution in [3.63, 3.8) is 0 Å². The molecule has 0 unspecified atom stereocenters. The van der Waals surface area contributed by atoms with Crippen molar-refractivity contribution >= 4 is 22.7 Å². The molecule has 2 aromatic heterocycles. The summed E-state index contributed by atoms with van der Waals surface area (Å²) in [6.45, 7) is 3.63. The van der Waals surface area contributed by atoms with Crippen LogP contribution in [0.5, 0.6) is 0 Å². The van der Waals surface area contributed by atoms with Crippen LogP contribution in [-0.4, -0.2) is 34.9 Å². The molecule has 2 heterocycles. The summed E-state index contributed by atoms with van der Waals surface area (Å²) in [7, 11) is 1.43. The maximum atomic E-state index is 16.5. The molecule has 1 saturated carbocycles. The Morgan fingerprint density at radius 2 is 1.67 bits per heavy atom. The van der Waals surface area contributed by atoms with Crippen LogP contribution in [-0.2, 0) is 5.41 Å². The number of fused-ring (bicyclic) bond motifs is 1. The molecule has 1 aliphatic rings. The Hall–Kier alpha value is -4.79. The Bertz CT molecular complexity index is 1880. The van der Waals surface area contributed by atoms with Crippen molar-refractivity contribution in [3.8, 4) is 22.5 Å². The Labute approximate surface area is 246 Å². The number of hydrogen-bond donors (Lipinski definition) is 1. The average Bonchev–Trinajstić information content (AvgIpc) is 3.38. The molecule has 1 aliphatic carbocycles. The molecule has 0 spiro atoms. The molecule has 0 bridgehead atoms. The molecule has 0 saturated heterocycles. The maximum Gasteiger partial charge on any atom is 0.255 e. The number of benzene rings is 3. The summed E-state index contributed by atoms with van der Waals surface area (Å²) in [5.74, 6) is -1.37. The van der Waals surface area contributed by atoms with Crippen molar-refractivity contribution in [1.29, 1.82) is 0 Å². The third kappa shape index (κ3) is 4.88. The SMILES string of the molecule is CNC(=O)c1c(-c2ccc(F)cc2)oc2ccc(-c3cc(C(=O)CC4(c5ncccn5)CC(F)C4)c(C)cc3C)c(F)c12. The number of carbonyl (C=O) groups excluding carboxylic acids is 2. The fraction of sp³-hybridized carbons (Fsp3) is 0.235. The fourth-order valence-electron chi connectivity index (χ4n) is 6.12. The van der Waals surface area contributed by atoms with Gasteiger partial charge in [0, 0.05) is 48.0 Å². The number of alkyl halides is 1. The lowest BCUT2D eigenvalue weighted by molar-refractivity contribution is 0.0651. The molecule has 43 heavy (non-hydrogen) atoms. The number of furan rings is 1. The Morgan fingerprint density at radius 1 is 0.977 bits per heavy atom. The first-order valence-electron chi connectivity index (χ1n) is 13.9. The normalized spacial score (nSPS) is 18.0. The van der Waals surface area contributed by atoms with E-state index in [9.17, 15) is 18.4 Å². The van der Waals surface area contributed by atoms with Gasteiger partial charge in [0.25, 0.3) is 5.91 Å². The van der Waals surface area contributed by atoms with Crippen molar-refractivity contribution < 1.29 is 27.2 Å². The van der Waals surface area contributed by atoms with E-state index < -0.39 is 29.1 Å². The highest BCUT2D eigenvalue weighted by Crippen LogP contribution is 2.48. The van der Waals surface area contributed by atoms with Crippen molar-refractivity contribution in [2.75, 3.05) is 7.05 Å². The van der Waals surface area contributed by atoms with Crippen molar-refractivity contribution in [2.45, 2.75) is 44.7 Å². The highest BCUT2D eigenvalue weighted by Gasteiger charge is 2.49. The van der Waals surface area contributed by atoms with E-state index >= 15 is 4.39 Å². The highest BCUT2D eigenvalue weighted by molar-refractivity contribution is 6.12. The van der Waals surface area contributed by atoms with E-state index in [1.807, 2.05) is 19.9 Å². The summed E-state index contributed by atoms with van der Waals surface area (Å²) < 4.78 is 50.1. The van der Waals surface area contributed by atoms with Gasteiger partial charge in [-0.25, -0.2) is 23.1 Å². The first kappa shape index (κ1) is 28.3. The summed E-state index contributed by atoms with van der Waals surface area (Å²) in [6.07, 6.45) is 2.47. The van der Waals surface area contributed by atoms with Gasteiger partial charge < -0.3 is 9.73 Å². The molecule has 3 aromatic carbocycles. The van der Waals surface area contributed by atoms with Crippen LogP contribution in [0.4, 0.5) is 13.2 Å². The van der Waals surface area contributed by atoms with Gasteiger partial charge >= 0.3 is 0 Å². The quantitative estimate of drug-likeness (QED) is 0.201. The van der Waals surface area contributed by atoms with Gasteiger partial charge in [-0.3, -0.25) is 9.59 Å². The van der Waals surface area contributed by atoms with Crippen molar-refractivity contribution in [1.82, 2.24) is 15.3 Å². The number of amides is 1. The summed E-state index contributed by atoms with van der Waals surface area (Å²) in [6, 6.07) is 13.7. The standard InChI is InChI=1S/C34H28F3N3O3/c1-18-13-19(2)25(26(41)17-34(15-22(36)16-34)33-39-11-4-12-40-33)14-24(18)23-9-10-27-28(30(23)37)29(32(42)38-3)31(43-27)20-5-7-21(35)8-6-20/h4-14,22H,15-17H2,1-3H3,(H,38,42). The first-order chi connectivity index (χ1) is 20.6. The largest absolute Gasteiger partial charge is 0.455 e. The summed E-state index contributed by atoms with van der Waals surface area (Å²) >= 11 is 0.